The van der Waals surface area contributed by atoms with Crippen LogP contribution in [0.15, 0.2) is 28.7 Å². The highest BCUT2D eigenvalue weighted by molar-refractivity contribution is 9.10. The molecule has 0 radical (unpaired) electrons. The SMILES string of the molecule is OC[C@H]1O[C@@H](Nc2ccc(Br)cc2)[C@H](O)[C@@H](O)[C@H]1O. The van der Waals surface area contributed by atoms with Gasteiger partial charge in [-0.25, -0.2) is 0 Å². The lowest BCUT2D eigenvalue weighted by Crippen LogP contribution is -2.60. The van der Waals surface area contributed by atoms with Crippen LogP contribution >= 0.6 is 15.9 Å². The van der Waals surface area contributed by atoms with E-state index >= 15 is 0 Å². The Hall–Kier alpha value is -0.700. The maximum Gasteiger partial charge on any atom is 0.157 e. The number of hydrogen-bond donors (Lipinski definition) is 5. The fourth-order valence-electron chi connectivity index (χ4n) is 1.93. The van der Waals surface area contributed by atoms with Gasteiger partial charge in [-0.2, -0.15) is 0 Å². The zero-order valence-electron chi connectivity index (χ0n) is 9.98. The van der Waals surface area contributed by atoms with Crippen molar-refractivity contribution >= 4 is 21.6 Å². The van der Waals surface area contributed by atoms with Gasteiger partial charge in [0.05, 0.1) is 6.61 Å². The van der Waals surface area contributed by atoms with Gasteiger partial charge in [-0.3, -0.25) is 0 Å². The second kappa shape index (κ2) is 6.17. The Morgan fingerprint density at radius 1 is 1.05 bits per heavy atom. The van der Waals surface area contributed by atoms with Gasteiger partial charge in [0.15, 0.2) is 6.23 Å². The summed E-state index contributed by atoms with van der Waals surface area (Å²) in [6.07, 6.45) is -5.83. The summed E-state index contributed by atoms with van der Waals surface area (Å²) < 4.78 is 6.24. The molecule has 5 atom stereocenters. The van der Waals surface area contributed by atoms with E-state index in [0.29, 0.717) is 5.69 Å². The third kappa shape index (κ3) is 3.25. The van der Waals surface area contributed by atoms with E-state index in [1.807, 2.05) is 12.1 Å². The van der Waals surface area contributed by atoms with Gasteiger partial charge >= 0.3 is 0 Å². The minimum atomic E-state index is -1.38. The van der Waals surface area contributed by atoms with Gasteiger partial charge < -0.3 is 30.5 Å². The van der Waals surface area contributed by atoms with Crippen LogP contribution in [-0.4, -0.2) is 57.7 Å². The molecule has 0 amide bonds. The summed E-state index contributed by atoms with van der Waals surface area (Å²) in [4.78, 5) is 0. The molecule has 1 aromatic rings. The molecule has 1 saturated heterocycles. The molecule has 0 saturated carbocycles. The standard InChI is InChI=1S/C12H16BrNO5/c13-6-1-3-7(4-2-6)14-12-11(18)10(17)9(16)8(5-15)19-12/h1-4,8-12,14-18H,5H2/t8-,9+,10+,11-,12-/m1/s1. The van der Waals surface area contributed by atoms with Crippen molar-refractivity contribution in [3.63, 3.8) is 0 Å². The van der Waals surface area contributed by atoms with E-state index < -0.39 is 37.3 Å². The summed E-state index contributed by atoms with van der Waals surface area (Å²) in [7, 11) is 0. The van der Waals surface area contributed by atoms with Crippen molar-refractivity contribution in [3.05, 3.63) is 28.7 Å². The quantitative estimate of drug-likeness (QED) is 0.518. The van der Waals surface area contributed by atoms with Crippen molar-refractivity contribution in [1.29, 1.82) is 0 Å². The first-order valence-electron chi connectivity index (χ1n) is 5.85. The molecule has 5 N–H and O–H groups in total. The minimum absolute atomic E-state index is 0.441. The molecule has 1 aliphatic rings. The second-order valence-corrected chi connectivity index (χ2v) is 5.32. The lowest BCUT2D eigenvalue weighted by Gasteiger charge is -2.40. The molecule has 0 aromatic heterocycles. The first-order chi connectivity index (χ1) is 9.02. The first-order valence-corrected chi connectivity index (χ1v) is 6.65. The monoisotopic (exact) mass is 333 g/mol. The molecular formula is C12H16BrNO5. The van der Waals surface area contributed by atoms with Crippen LogP contribution in [-0.2, 0) is 4.74 Å². The number of ether oxygens (including phenoxy) is 1. The molecule has 0 unspecified atom stereocenters. The van der Waals surface area contributed by atoms with Crippen molar-refractivity contribution in [2.45, 2.75) is 30.6 Å². The van der Waals surface area contributed by atoms with Crippen LogP contribution in [0.1, 0.15) is 0 Å². The van der Waals surface area contributed by atoms with Crippen molar-refractivity contribution in [1.82, 2.24) is 0 Å². The summed E-state index contributed by atoms with van der Waals surface area (Å²) in [6.45, 7) is -0.441. The molecule has 2 rings (SSSR count). The Labute approximate surface area is 118 Å². The predicted octanol–water partition coefficient (Wildman–Crippen LogP) is -0.339. The average molecular weight is 334 g/mol. The average Bonchev–Trinajstić information content (AvgIpc) is 2.42. The van der Waals surface area contributed by atoms with Crippen LogP contribution in [0.5, 0.6) is 0 Å². The number of rotatable bonds is 3. The fourth-order valence-corrected chi connectivity index (χ4v) is 2.20. The number of hydrogen-bond acceptors (Lipinski definition) is 6. The summed E-state index contributed by atoms with van der Waals surface area (Å²) in [5.74, 6) is 0. The number of benzene rings is 1. The Kier molecular flexibility index (Phi) is 4.77. The molecule has 106 valence electrons. The number of aliphatic hydroxyl groups is 4. The van der Waals surface area contributed by atoms with Gasteiger partial charge in [0, 0.05) is 10.2 Å². The number of halogens is 1. The third-order valence-electron chi connectivity index (χ3n) is 3.05. The topological polar surface area (TPSA) is 102 Å². The molecule has 1 aliphatic heterocycles. The van der Waals surface area contributed by atoms with E-state index in [9.17, 15) is 15.3 Å². The van der Waals surface area contributed by atoms with Crippen LogP contribution in [0.3, 0.4) is 0 Å². The third-order valence-corrected chi connectivity index (χ3v) is 3.57. The molecule has 0 aliphatic carbocycles. The van der Waals surface area contributed by atoms with Crippen LogP contribution < -0.4 is 5.32 Å². The molecule has 1 aromatic carbocycles. The Morgan fingerprint density at radius 2 is 1.68 bits per heavy atom. The minimum Gasteiger partial charge on any atom is -0.394 e. The van der Waals surface area contributed by atoms with E-state index in [1.165, 1.54) is 0 Å². The van der Waals surface area contributed by atoms with Gasteiger partial charge in [0.1, 0.15) is 24.4 Å². The van der Waals surface area contributed by atoms with Crippen LogP contribution in [0.4, 0.5) is 5.69 Å². The van der Waals surface area contributed by atoms with Gasteiger partial charge in [-0.15, -0.1) is 0 Å². The number of nitrogens with one attached hydrogen (secondary N) is 1. The Morgan fingerprint density at radius 3 is 2.26 bits per heavy atom. The van der Waals surface area contributed by atoms with E-state index in [2.05, 4.69) is 21.2 Å². The van der Waals surface area contributed by atoms with Crippen LogP contribution in [0.25, 0.3) is 0 Å². The second-order valence-electron chi connectivity index (χ2n) is 4.40. The zero-order valence-corrected chi connectivity index (χ0v) is 11.6. The van der Waals surface area contributed by atoms with Gasteiger partial charge in [-0.1, -0.05) is 15.9 Å². The Balaban J connectivity index is 2.08. The molecular weight excluding hydrogens is 318 g/mol. The summed E-state index contributed by atoms with van der Waals surface area (Å²) in [5, 5.41) is 41.1. The number of anilines is 1. The van der Waals surface area contributed by atoms with Crippen molar-refractivity contribution in [2.75, 3.05) is 11.9 Å². The maximum atomic E-state index is 9.85. The van der Waals surface area contributed by atoms with Gasteiger partial charge in [0.2, 0.25) is 0 Å². The van der Waals surface area contributed by atoms with Crippen LogP contribution in [0.2, 0.25) is 0 Å². The number of aliphatic hydroxyl groups excluding tert-OH is 4. The molecule has 19 heavy (non-hydrogen) atoms. The smallest absolute Gasteiger partial charge is 0.157 e. The fraction of sp³-hybridized carbons (Fsp3) is 0.500. The lowest BCUT2D eigenvalue weighted by molar-refractivity contribution is -0.221. The zero-order chi connectivity index (χ0) is 14.0. The molecule has 1 fully saturated rings. The van der Waals surface area contributed by atoms with E-state index in [-0.39, 0.29) is 0 Å². The summed E-state index contributed by atoms with van der Waals surface area (Å²) in [6, 6.07) is 7.16. The summed E-state index contributed by atoms with van der Waals surface area (Å²) in [5.41, 5.74) is 0.688. The lowest BCUT2D eigenvalue weighted by atomic mass is 9.98. The van der Waals surface area contributed by atoms with Crippen LogP contribution in [0, 0.1) is 0 Å². The molecule has 0 spiro atoms. The normalized spacial score (nSPS) is 35.1. The van der Waals surface area contributed by atoms with Gasteiger partial charge in [-0.05, 0) is 24.3 Å². The van der Waals surface area contributed by atoms with E-state index in [1.54, 1.807) is 12.1 Å². The molecule has 0 bridgehead atoms. The summed E-state index contributed by atoms with van der Waals surface area (Å²) >= 11 is 3.31. The van der Waals surface area contributed by atoms with Gasteiger partial charge in [0.25, 0.3) is 0 Å². The van der Waals surface area contributed by atoms with Crippen molar-refractivity contribution in [2.24, 2.45) is 0 Å². The largest absolute Gasteiger partial charge is 0.394 e. The first kappa shape index (κ1) is 14.7. The van der Waals surface area contributed by atoms with E-state index in [0.717, 1.165) is 4.47 Å². The predicted molar refractivity (Wildman–Crippen MR) is 71.5 cm³/mol. The molecule has 7 heteroatoms. The molecule has 6 nitrogen and oxygen atoms in total. The Bertz CT molecular complexity index is 413. The highest BCUT2D eigenvalue weighted by Crippen LogP contribution is 2.23. The molecule has 1 heterocycles. The van der Waals surface area contributed by atoms with Crippen molar-refractivity contribution in [3.8, 4) is 0 Å². The highest BCUT2D eigenvalue weighted by atomic mass is 79.9. The van der Waals surface area contributed by atoms with Crippen molar-refractivity contribution < 1.29 is 25.2 Å². The maximum absolute atomic E-state index is 9.85. The van der Waals surface area contributed by atoms with E-state index in [4.69, 9.17) is 9.84 Å². The highest BCUT2D eigenvalue weighted by Gasteiger charge is 2.43.